The zero-order chi connectivity index (χ0) is 11.8. The molecule has 3 rings (SSSR count). The van der Waals surface area contributed by atoms with Crippen molar-refractivity contribution in [3.63, 3.8) is 0 Å². The van der Waals surface area contributed by atoms with Crippen molar-refractivity contribution in [3.05, 3.63) is 23.0 Å². The van der Waals surface area contributed by atoms with E-state index in [0.717, 1.165) is 24.5 Å². The molecule has 0 radical (unpaired) electrons. The fraction of sp³-hybridized carbons (Fsp3) is 0.636. The van der Waals surface area contributed by atoms with Crippen molar-refractivity contribution in [1.29, 1.82) is 0 Å². The summed E-state index contributed by atoms with van der Waals surface area (Å²) < 4.78 is 2.23. The Balaban J connectivity index is 1.94. The third kappa shape index (κ3) is 1.83. The lowest BCUT2D eigenvalue weighted by Crippen LogP contribution is -2.11. The predicted octanol–water partition coefficient (Wildman–Crippen LogP) is 0.642. The van der Waals surface area contributed by atoms with Crippen LogP contribution in [0.5, 0.6) is 0 Å². The normalized spacial score (nSPS) is 14.9. The minimum absolute atomic E-state index is 0.683. The Kier molecular flexibility index (Phi) is 2.42. The Bertz CT molecular complexity index is 538. The molecule has 0 saturated heterocycles. The van der Waals surface area contributed by atoms with Gasteiger partial charge in [-0.15, -0.1) is 10.2 Å². The van der Waals surface area contributed by atoms with Gasteiger partial charge in [0.1, 0.15) is 5.82 Å². The van der Waals surface area contributed by atoms with Crippen LogP contribution in [0.4, 0.5) is 0 Å². The highest BCUT2D eigenvalue weighted by atomic mass is 15.6. The number of hydrogen-bond donors (Lipinski definition) is 0. The lowest BCUT2D eigenvalue weighted by molar-refractivity contribution is 0.606. The molecule has 0 fully saturated rings. The summed E-state index contributed by atoms with van der Waals surface area (Å²) in [4.78, 5) is 6.13. The van der Waals surface area contributed by atoms with Gasteiger partial charge in [-0.3, -0.25) is 0 Å². The number of rotatable bonds is 2. The van der Waals surface area contributed by atoms with E-state index in [1.807, 2.05) is 0 Å². The van der Waals surface area contributed by atoms with Crippen molar-refractivity contribution in [2.24, 2.45) is 7.05 Å². The van der Waals surface area contributed by atoms with Gasteiger partial charge in [0.2, 0.25) is 0 Å². The monoisotopic (exact) mass is 232 g/mol. The van der Waals surface area contributed by atoms with E-state index in [-0.39, 0.29) is 0 Å². The fourth-order valence-corrected chi connectivity index (χ4v) is 2.47. The number of tetrazole rings is 1. The highest BCUT2D eigenvalue weighted by Crippen LogP contribution is 2.22. The summed E-state index contributed by atoms with van der Waals surface area (Å²) >= 11 is 0. The highest BCUT2D eigenvalue weighted by molar-refractivity contribution is 5.20. The number of fused-ring (bicyclic) bond motifs is 1. The van der Waals surface area contributed by atoms with Crippen molar-refractivity contribution in [2.75, 3.05) is 0 Å². The van der Waals surface area contributed by atoms with Crippen LogP contribution in [0.2, 0.25) is 0 Å². The lowest BCUT2D eigenvalue weighted by Gasteiger charge is -2.13. The fourth-order valence-electron chi connectivity index (χ4n) is 2.47. The van der Waals surface area contributed by atoms with Gasteiger partial charge in [-0.25, -0.2) is 4.98 Å². The van der Waals surface area contributed by atoms with E-state index in [0.29, 0.717) is 6.54 Å². The Labute approximate surface area is 99.7 Å². The van der Waals surface area contributed by atoms with Gasteiger partial charge in [0.15, 0.2) is 5.82 Å². The van der Waals surface area contributed by atoms with Crippen molar-refractivity contribution in [3.8, 4) is 0 Å². The van der Waals surface area contributed by atoms with Gasteiger partial charge >= 0.3 is 0 Å². The van der Waals surface area contributed by atoms with Gasteiger partial charge in [0.25, 0.3) is 0 Å². The Hall–Kier alpha value is -1.72. The van der Waals surface area contributed by atoms with Crippen molar-refractivity contribution < 1.29 is 0 Å². The molecule has 0 spiro atoms. The van der Waals surface area contributed by atoms with Gasteiger partial charge in [-0.2, -0.15) is 4.80 Å². The maximum Gasteiger partial charge on any atom is 0.194 e. The molecule has 90 valence electrons. The summed E-state index contributed by atoms with van der Waals surface area (Å²) in [5.74, 6) is 1.81. The summed E-state index contributed by atoms with van der Waals surface area (Å²) in [7, 11) is 1.78. The Morgan fingerprint density at radius 3 is 2.82 bits per heavy atom. The van der Waals surface area contributed by atoms with Crippen LogP contribution in [0.25, 0.3) is 0 Å². The molecule has 1 aliphatic rings. The van der Waals surface area contributed by atoms with Crippen LogP contribution in [0.15, 0.2) is 0 Å². The van der Waals surface area contributed by atoms with E-state index in [4.69, 9.17) is 0 Å². The highest BCUT2D eigenvalue weighted by Gasteiger charge is 2.18. The molecule has 1 aliphatic carbocycles. The minimum atomic E-state index is 0.683. The van der Waals surface area contributed by atoms with Crippen LogP contribution in [0.3, 0.4) is 0 Å². The average molecular weight is 232 g/mol. The van der Waals surface area contributed by atoms with Crippen LogP contribution in [0, 0.1) is 6.92 Å². The first-order valence-electron chi connectivity index (χ1n) is 6.02. The van der Waals surface area contributed by atoms with Gasteiger partial charge < -0.3 is 4.57 Å². The molecule has 0 unspecified atom stereocenters. The molecule has 0 aromatic carbocycles. The van der Waals surface area contributed by atoms with E-state index >= 15 is 0 Å². The number of nitrogens with zero attached hydrogens (tertiary/aromatic N) is 6. The van der Waals surface area contributed by atoms with Gasteiger partial charge in [-0.1, -0.05) is 0 Å². The summed E-state index contributed by atoms with van der Waals surface area (Å²) in [6.07, 6.45) is 4.74. The molecule has 17 heavy (non-hydrogen) atoms. The number of aromatic nitrogens is 6. The molecular weight excluding hydrogens is 216 g/mol. The first kappa shape index (κ1) is 10.4. The van der Waals surface area contributed by atoms with E-state index in [2.05, 4.69) is 31.9 Å². The molecule has 0 bridgehead atoms. The molecule has 0 amide bonds. The van der Waals surface area contributed by atoms with E-state index < -0.39 is 0 Å². The topological polar surface area (TPSA) is 61.4 Å². The van der Waals surface area contributed by atoms with Crippen LogP contribution >= 0.6 is 0 Å². The van der Waals surface area contributed by atoms with Crippen LogP contribution < -0.4 is 0 Å². The van der Waals surface area contributed by atoms with Crippen molar-refractivity contribution in [1.82, 2.24) is 29.8 Å². The summed E-state index contributed by atoms with van der Waals surface area (Å²) in [5, 5.41) is 12.1. The zero-order valence-corrected chi connectivity index (χ0v) is 10.2. The SMILES string of the molecule is Cc1nc2c(n1Cc1nnn(C)n1)CCCC2. The molecule has 2 aromatic heterocycles. The van der Waals surface area contributed by atoms with Crippen molar-refractivity contribution >= 4 is 0 Å². The first-order chi connectivity index (χ1) is 8.24. The third-order valence-electron chi connectivity index (χ3n) is 3.27. The van der Waals surface area contributed by atoms with Crippen LogP contribution in [-0.4, -0.2) is 29.8 Å². The molecule has 0 N–H and O–H groups in total. The smallest absolute Gasteiger partial charge is 0.194 e. The molecular formula is C11H16N6. The molecule has 0 atom stereocenters. The zero-order valence-electron chi connectivity index (χ0n) is 10.2. The maximum absolute atomic E-state index is 4.63. The second-order valence-electron chi connectivity index (χ2n) is 4.54. The van der Waals surface area contributed by atoms with Gasteiger partial charge in [0, 0.05) is 5.69 Å². The number of aryl methyl sites for hydroxylation is 3. The predicted molar refractivity (Wildman–Crippen MR) is 61.5 cm³/mol. The summed E-state index contributed by atoms with van der Waals surface area (Å²) in [5.41, 5.74) is 2.62. The van der Waals surface area contributed by atoms with E-state index in [1.165, 1.54) is 29.0 Å². The number of imidazole rings is 1. The first-order valence-corrected chi connectivity index (χ1v) is 6.02. The van der Waals surface area contributed by atoms with E-state index in [1.54, 1.807) is 7.05 Å². The van der Waals surface area contributed by atoms with Crippen LogP contribution in [-0.2, 0) is 26.4 Å². The van der Waals surface area contributed by atoms with Crippen molar-refractivity contribution in [2.45, 2.75) is 39.2 Å². The second-order valence-corrected chi connectivity index (χ2v) is 4.54. The number of hydrogen-bond acceptors (Lipinski definition) is 4. The van der Waals surface area contributed by atoms with Crippen LogP contribution in [0.1, 0.15) is 35.9 Å². The third-order valence-corrected chi connectivity index (χ3v) is 3.27. The van der Waals surface area contributed by atoms with Gasteiger partial charge in [0.05, 0.1) is 19.3 Å². The quantitative estimate of drug-likeness (QED) is 0.762. The maximum atomic E-state index is 4.63. The average Bonchev–Trinajstić information content (AvgIpc) is 2.85. The largest absolute Gasteiger partial charge is 0.324 e. The summed E-state index contributed by atoms with van der Waals surface area (Å²) in [6.45, 7) is 2.73. The lowest BCUT2D eigenvalue weighted by atomic mass is 10.0. The Morgan fingerprint density at radius 2 is 2.06 bits per heavy atom. The molecule has 6 nitrogen and oxygen atoms in total. The molecule has 6 heteroatoms. The standard InChI is InChI=1S/C11H16N6/c1-8-12-9-5-3-4-6-10(9)17(8)7-11-13-15-16(2)14-11/h3-7H2,1-2H3. The van der Waals surface area contributed by atoms with Gasteiger partial charge in [-0.05, 0) is 37.8 Å². The second kappa shape index (κ2) is 3.94. The molecule has 2 aromatic rings. The minimum Gasteiger partial charge on any atom is -0.324 e. The molecule has 2 heterocycles. The van der Waals surface area contributed by atoms with E-state index in [9.17, 15) is 0 Å². The summed E-state index contributed by atoms with van der Waals surface area (Å²) in [6, 6.07) is 0. The Morgan fingerprint density at radius 1 is 1.24 bits per heavy atom. The molecule has 0 saturated carbocycles. The molecule has 0 aliphatic heterocycles.